The zero-order chi connectivity index (χ0) is 18.8. The third-order valence-corrected chi connectivity index (χ3v) is 3.88. The fraction of sp³-hybridized carbons (Fsp3) is 0.350. The molecule has 0 amide bonds. The summed E-state index contributed by atoms with van der Waals surface area (Å²) >= 11 is 0. The minimum absolute atomic E-state index is 0.583. The number of nitrogens with zero attached hydrogens (tertiary/aromatic N) is 1. The van der Waals surface area contributed by atoms with Crippen LogP contribution in [0.5, 0.6) is 17.2 Å². The van der Waals surface area contributed by atoms with Gasteiger partial charge in [0.2, 0.25) is 0 Å². The molecular weight excluding hydrogens is 330 g/mol. The molecule has 140 valence electrons. The minimum atomic E-state index is 0.583. The molecule has 0 aliphatic heterocycles. The summed E-state index contributed by atoms with van der Waals surface area (Å²) in [6.45, 7) is 3.82. The molecule has 0 aliphatic carbocycles. The fourth-order valence-electron chi connectivity index (χ4n) is 2.52. The van der Waals surface area contributed by atoms with Gasteiger partial charge in [-0.2, -0.15) is 0 Å². The van der Waals surface area contributed by atoms with Crippen molar-refractivity contribution in [1.29, 1.82) is 0 Å². The van der Waals surface area contributed by atoms with Crippen LogP contribution in [0.2, 0.25) is 0 Å². The lowest BCUT2D eigenvalue weighted by Crippen LogP contribution is -2.36. The lowest BCUT2D eigenvalue weighted by Gasteiger charge is -2.15. The molecule has 0 radical (unpaired) electrons. The topological polar surface area (TPSA) is 64.1 Å². The van der Waals surface area contributed by atoms with Gasteiger partial charge in [0.05, 0.1) is 20.8 Å². The van der Waals surface area contributed by atoms with Crippen LogP contribution in [0.15, 0.2) is 47.5 Å². The molecule has 2 N–H and O–H groups in total. The van der Waals surface area contributed by atoms with Crippen molar-refractivity contribution in [3.05, 3.63) is 53.6 Å². The minimum Gasteiger partial charge on any atom is -0.497 e. The zero-order valence-corrected chi connectivity index (χ0v) is 15.8. The number of aliphatic imine (C=N–C) groups is 1. The molecule has 0 atom stereocenters. The number of hydrogen-bond acceptors (Lipinski definition) is 4. The highest BCUT2D eigenvalue weighted by Crippen LogP contribution is 2.24. The molecule has 0 spiro atoms. The van der Waals surface area contributed by atoms with Crippen molar-refractivity contribution in [2.45, 2.75) is 20.0 Å². The van der Waals surface area contributed by atoms with Crippen LogP contribution in [0, 0.1) is 0 Å². The standard InChI is InChI=1S/C20H27N3O3/c1-5-26-18-9-7-6-8-15(18)13-22-20(21-2)23-14-16-10-11-17(24-3)12-19(16)25-4/h6-12H,5,13-14H2,1-4H3,(H2,21,22,23). The molecule has 0 unspecified atom stereocenters. The summed E-state index contributed by atoms with van der Waals surface area (Å²) in [5, 5.41) is 6.61. The van der Waals surface area contributed by atoms with E-state index < -0.39 is 0 Å². The number of rotatable bonds is 8. The van der Waals surface area contributed by atoms with Gasteiger partial charge in [-0.25, -0.2) is 0 Å². The number of ether oxygens (including phenoxy) is 3. The third-order valence-electron chi connectivity index (χ3n) is 3.88. The van der Waals surface area contributed by atoms with Crippen LogP contribution >= 0.6 is 0 Å². The summed E-state index contributed by atoms with van der Waals surface area (Å²) in [6, 6.07) is 13.7. The molecule has 0 fully saturated rings. The molecule has 0 aliphatic rings. The molecule has 0 saturated heterocycles. The van der Waals surface area contributed by atoms with Gasteiger partial charge in [0, 0.05) is 37.3 Å². The van der Waals surface area contributed by atoms with Crippen molar-refractivity contribution < 1.29 is 14.2 Å². The Labute approximate surface area is 155 Å². The highest BCUT2D eigenvalue weighted by atomic mass is 16.5. The summed E-state index contributed by atoms with van der Waals surface area (Å²) in [5.74, 6) is 3.12. The van der Waals surface area contributed by atoms with Gasteiger partial charge in [0.15, 0.2) is 5.96 Å². The summed E-state index contributed by atoms with van der Waals surface area (Å²) in [6.07, 6.45) is 0. The molecule has 0 aromatic heterocycles. The molecular formula is C20H27N3O3. The van der Waals surface area contributed by atoms with Crippen LogP contribution in [-0.4, -0.2) is 33.8 Å². The van der Waals surface area contributed by atoms with E-state index in [-0.39, 0.29) is 0 Å². The largest absolute Gasteiger partial charge is 0.497 e. The van der Waals surface area contributed by atoms with Gasteiger partial charge in [-0.15, -0.1) is 0 Å². The molecule has 0 bridgehead atoms. The van der Waals surface area contributed by atoms with E-state index in [9.17, 15) is 0 Å². The smallest absolute Gasteiger partial charge is 0.191 e. The Morgan fingerprint density at radius 3 is 2.23 bits per heavy atom. The van der Waals surface area contributed by atoms with Gasteiger partial charge in [-0.1, -0.05) is 18.2 Å². The maximum atomic E-state index is 5.66. The monoisotopic (exact) mass is 357 g/mol. The van der Waals surface area contributed by atoms with Gasteiger partial charge >= 0.3 is 0 Å². The number of nitrogens with one attached hydrogen (secondary N) is 2. The predicted octanol–water partition coefficient (Wildman–Crippen LogP) is 2.97. The van der Waals surface area contributed by atoms with Crippen LogP contribution < -0.4 is 24.8 Å². The first-order valence-corrected chi connectivity index (χ1v) is 8.58. The second kappa shape index (κ2) is 10.2. The van der Waals surface area contributed by atoms with Crippen molar-refractivity contribution in [3.8, 4) is 17.2 Å². The van der Waals surface area contributed by atoms with Crippen LogP contribution in [-0.2, 0) is 13.1 Å². The van der Waals surface area contributed by atoms with E-state index in [2.05, 4.69) is 15.6 Å². The van der Waals surface area contributed by atoms with Crippen LogP contribution in [0.4, 0.5) is 0 Å². The van der Waals surface area contributed by atoms with Gasteiger partial charge in [0.25, 0.3) is 0 Å². The van der Waals surface area contributed by atoms with E-state index in [0.717, 1.165) is 28.4 Å². The molecule has 0 saturated carbocycles. The second-order valence-electron chi connectivity index (χ2n) is 5.50. The zero-order valence-electron chi connectivity index (χ0n) is 15.8. The van der Waals surface area contributed by atoms with Gasteiger partial charge in [-0.3, -0.25) is 4.99 Å². The first-order valence-electron chi connectivity index (χ1n) is 8.58. The average molecular weight is 357 g/mol. The summed E-state index contributed by atoms with van der Waals surface area (Å²) < 4.78 is 16.3. The van der Waals surface area contributed by atoms with Gasteiger partial charge in [-0.05, 0) is 25.1 Å². The lowest BCUT2D eigenvalue weighted by molar-refractivity contribution is 0.336. The number of guanidine groups is 1. The Kier molecular flexibility index (Phi) is 7.61. The predicted molar refractivity (Wildman–Crippen MR) is 104 cm³/mol. The van der Waals surface area contributed by atoms with Gasteiger partial charge in [0.1, 0.15) is 17.2 Å². The number of benzene rings is 2. The van der Waals surface area contributed by atoms with Crippen LogP contribution in [0.25, 0.3) is 0 Å². The van der Waals surface area contributed by atoms with Crippen molar-refractivity contribution >= 4 is 5.96 Å². The maximum Gasteiger partial charge on any atom is 0.191 e. The van der Waals surface area contributed by atoms with Crippen LogP contribution in [0.1, 0.15) is 18.1 Å². The van der Waals surface area contributed by atoms with Crippen molar-refractivity contribution in [2.24, 2.45) is 4.99 Å². The van der Waals surface area contributed by atoms with E-state index in [1.165, 1.54) is 0 Å². The Morgan fingerprint density at radius 1 is 0.923 bits per heavy atom. The van der Waals surface area contributed by atoms with E-state index in [1.54, 1.807) is 21.3 Å². The number of methoxy groups -OCH3 is 2. The van der Waals surface area contributed by atoms with Crippen molar-refractivity contribution in [3.63, 3.8) is 0 Å². The molecule has 2 rings (SSSR count). The van der Waals surface area contributed by atoms with E-state index >= 15 is 0 Å². The molecule has 2 aromatic carbocycles. The normalized spacial score (nSPS) is 11.0. The highest BCUT2D eigenvalue weighted by molar-refractivity contribution is 5.79. The SMILES string of the molecule is CCOc1ccccc1CNC(=NC)NCc1ccc(OC)cc1OC. The quantitative estimate of drug-likeness (QED) is 0.562. The highest BCUT2D eigenvalue weighted by Gasteiger charge is 2.07. The van der Waals surface area contributed by atoms with Crippen LogP contribution in [0.3, 0.4) is 0 Å². The fourth-order valence-corrected chi connectivity index (χ4v) is 2.52. The number of para-hydroxylation sites is 1. The second-order valence-corrected chi connectivity index (χ2v) is 5.50. The molecule has 26 heavy (non-hydrogen) atoms. The third kappa shape index (κ3) is 5.31. The average Bonchev–Trinajstić information content (AvgIpc) is 2.69. The summed E-state index contributed by atoms with van der Waals surface area (Å²) in [4.78, 5) is 4.27. The molecule has 2 aromatic rings. The first-order chi connectivity index (χ1) is 12.7. The van der Waals surface area contributed by atoms with E-state index in [1.807, 2.05) is 49.4 Å². The maximum absolute atomic E-state index is 5.66. The molecule has 6 heteroatoms. The summed E-state index contributed by atoms with van der Waals surface area (Å²) in [7, 11) is 5.03. The van der Waals surface area contributed by atoms with Crippen molar-refractivity contribution in [2.75, 3.05) is 27.9 Å². The number of hydrogen-bond donors (Lipinski definition) is 2. The van der Waals surface area contributed by atoms with E-state index in [4.69, 9.17) is 14.2 Å². The Bertz CT molecular complexity index is 732. The molecule has 6 nitrogen and oxygen atoms in total. The lowest BCUT2D eigenvalue weighted by atomic mass is 10.2. The van der Waals surface area contributed by atoms with Crippen molar-refractivity contribution in [1.82, 2.24) is 10.6 Å². The Hall–Kier alpha value is -2.89. The molecule has 0 heterocycles. The summed E-state index contributed by atoms with van der Waals surface area (Å²) in [5.41, 5.74) is 2.10. The first kappa shape index (κ1) is 19.4. The Balaban J connectivity index is 1.97. The van der Waals surface area contributed by atoms with E-state index in [0.29, 0.717) is 25.7 Å². The Morgan fingerprint density at radius 2 is 1.62 bits per heavy atom. The van der Waals surface area contributed by atoms with Gasteiger partial charge < -0.3 is 24.8 Å².